The third-order valence-corrected chi connectivity index (χ3v) is 5.05. The van der Waals surface area contributed by atoms with Crippen LogP contribution in [0.3, 0.4) is 0 Å². The van der Waals surface area contributed by atoms with Gasteiger partial charge >= 0.3 is 0 Å². The molecule has 0 atom stereocenters. The van der Waals surface area contributed by atoms with Crippen molar-refractivity contribution in [3.8, 4) is 0 Å². The standard InChI is InChI=1S/C19H31N3O/c1-5-21(6-2)19(23)10-11-20-12-14-22(15-13-20)18-9-7-8-16(3)17(18)4/h7-9H,5-6,10-15H2,1-4H3. The molecule has 0 aliphatic carbocycles. The third-order valence-electron chi connectivity index (χ3n) is 5.05. The highest BCUT2D eigenvalue weighted by Gasteiger charge is 2.20. The van der Waals surface area contributed by atoms with E-state index in [0.29, 0.717) is 6.42 Å². The lowest BCUT2D eigenvalue weighted by Gasteiger charge is -2.37. The molecule has 0 N–H and O–H groups in total. The Morgan fingerprint density at radius 1 is 1.09 bits per heavy atom. The number of nitrogens with zero attached hydrogens (tertiary/aromatic N) is 3. The number of piperazine rings is 1. The van der Waals surface area contributed by atoms with Crippen LogP contribution >= 0.6 is 0 Å². The second kappa shape index (κ2) is 8.34. The van der Waals surface area contributed by atoms with Crippen molar-refractivity contribution in [2.24, 2.45) is 0 Å². The zero-order valence-corrected chi connectivity index (χ0v) is 15.1. The summed E-state index contributed by atoms with van der Waals surface area (Å²) < 4.78 is 0. The molecule has 0 spiro atoms. The van der Waals surface area contributed by atoms with Gasteiger partial charge in [0, 0.05) is 57.9 Å². The predicted octanol–water partition coefficient (Wildman–Crippen LogP) is 2.68. The Bertz CT molecular complexity index is 517. The fourth-order valence-corrected chi connectivity index (χ4v) is 3.28. The van der Waals surface area contributed by atoms with Gasteiger partial charge in [-0.2, -0.15) is 0 Å². The van der Waals surface area contributed by atoms with Crippen LogP contribution in [-0.4, -0.2) is 61.5 Å². The van der Waals surface area contributed by atoms with Crippen LogP contribution in [0.5, 0.6) is 0 Å². The van der Waals surface area contributed by atoms with Crippen molar-refractivity contribution in [3.05, 3.63) is 29.3 Å². The lowest BCUT2D eigenvalue weighted by molar-refractivity contribution is -0.131. The van der Waals surface area contributed by atoms with Gasteiger partial charge in [0.05, 0.1) is 0 Å². The molecule has 4 nitrogen and oxygen atoms in total. The lowest BCUT2D eigenvalue weighted by Crippen LogP contribution is -2.47. The largest absolute Gasteiger partial charge is 0.369 e. The van der Waals surface area contributed by atoms with Gasteiger partial charge in [-0.1, -0.05) is 12.1 Å². The summed E-state index contributed by atoms with van der Waals surface area (Å²) in [4.78, 5) is 18.9. The maximum Gasteiger partial charge on any atom is 0.223 e. The van der Waals surface area contributed by atoms with Crippen molar-refractivity contribution < 1.29 is 4.79 Å². The Morgan fingerprint density at radius 3 is 2.35 bits per heavy atom. The Hall–Kier alpha value is -1.55. The number of hydrogen-bond donors (Lipinski definition) is 0. The maximum absolute atomic E-state index is 12.1. The molecule has 23 heavy (non-hydrogen) atoms. The van der Waals surface area contributed by atoms with E-state index >= 15 is 0 Å². The van der Waals surface area contributed by atoms with E-state index in [1.54, 1.807) is 0 Å². The average molecular weight is 317 g/mol. The van der Waals surface area contributed by atoms with E-state index in [1.165, 1.54) is 16.8 Å². The number of aryl methyl sites for hydroxylation is 1. The lowest BCUT2D eigenvalue weighted by atomic mass is 10.1. The minimum atomic E-state index is 0.284. The van der Waals surface area contributed by atoms with Crippen LogP contribution in [0.1, 0.15) is 31.4 Å². The smallest absolute Gasteiger partial charge is 0.223 e. The number of carbonyl (C=O) groups excluding carboxylic acids is 1. The molecule has 1 aliphatic heterocycles. The van der Waals surface area contributed by atoms with E-state index in [-0.39, 0.29) is 5.91 Å². The van der Waals surface area contributed by atoms with Crippen LogP contribution in [0.4, 0.5) is 5.69 Å². The summed E-state index contributed by atoms with van der Waals surface area (Å²) >= 11 is 0. The van der Waals surface area contributed by atoms with Gasteiger partial charge in [-0.3, -0.25) is 9.69 Å². The molecule has 1 saturated heterocycles. The first-order valence-electron chi connectivity index (χ1n) is 8.88. The first kappa shape index (κ1) is 17.8. The van der Waals surface area contributed by atoms with Crippen LogP contribution in [-0.2, 0) is 4.79 Å². The topological polar surface area (TPSA) is 26.8 Å². The summed E-state index contributed by atoms with van der Waals surface area (Å²) in [6.45, 7) is 15.2. The third kappa shape index (κ3) is 4.47. The number of hydrogen-bond acceptors (Lipinski definition) is 3. The van der Waals surface area contributed by atoms with E-state index < -0.39 is 0 Å². The van der Waals surface area contributed by atoms with Gasteiger partial charge in [0.15, 0.2) is 0 Å². The summed E-state index contributed by atoms with van der Waals surface area (Å²) in [6, 6.07) is 6.54. The molecule has 1 aromatic carbocycles. The SMILES string of the molecule is CCN(CC)C(=O)CCN1CCN(c2cccc(C)c2C)CC1. The van der Waals surface area contributed by atoms with Gasteiger partial charge in [-0.25, -0.2) is 0 Å². The molecule has 0 unspecified atom stereocenters. The summed E-state index contributed by atoms with van der Waals surface area (Å²) in [7, 11) is 0. The number of anilines is 1. The molecule has 2 rings (SSSR count). The van der Waals surface area contributed by atoms with E-state index in [9.17, 15) is 4.79 Å². The monoisotopic (exact) mass is 317 g/mol. The summed E-state index contributed by atoms with van der Waals surface area (Å²) in [5.41, 5.74) is 4.11. The Kier molecular flexibility index (Phi) is 6.46. The van der Waals surface area contributed by atoms with Crippen molar-refractivity contribution in [2.75, 3.05) is 50.7 Å². The molecule has 0 saturated carbocycles. The highest BCUT2D eigenvalue weighted by atomic mass is 16.2. The Balaban J connectivity index is 1.82. The van der Waals surface area contributed by atoms with Gasteiger partial charge in [0.25, 0.3) is 0 Å². The van der Waals surface area contributed by atoms with Gasteiger partial charge in [-0.15, -0.1) is 0 Å². The fraction of sp³-hybridized carbons (Fsp3) is 0.632. The Morgan fingerprint density at radius 2 is 1.74 bits per heavy atom. The molecule has 0 aromatic heterocycles. The van der Waals surface area contributed by atoms with Crippen molar-refractivity contribution in [2.45, 2.75) is 34.1 Å². The molecule has 0 radical (unpaired) electrons. The number of rotatable bonds is 6. The first-order chi connectivity index (χ1) is 11.1. The minimum Gasteiger partial charge on any atom is -0.369 e. The molecule has 1 fully saturated rings. The molecular formula is C19H31N3O. The normalized spacial score (nSPS) is 15.7. The second-order valence-electron chi connectivity index (χ2n) is 6.36. The van der Waals surface area contributed by atoms with E-state index in [0.717, 1.165) is 45.8 Å². The quantitative estimate of drug-likeness (QED) is 0.807. The predicted molar refractivity (Wildman–Crippen MR) is 97.1 cm³/mol. The van der Waals surface area contributed by atoms with Crippen molar-refractivity contribution >= 4 is 11.6 Å². The zero-order valence-electron chi connectivity index (χ0n) is 15.1. The molecule has 0 bridgehead atoms. The molecule has 1 heterocycles. The van der Waals surface area contributed by atoms with Gasteiger partial charge in [0.1, 0.15) is 0 Å². The molecule has 128 valence electrons. The van der Waals surface area contributed by atoms with Crippen LogP contribution < -0.4 is 4.90 Å². The average Bonchev–Trinajstić information content (AvgIpc) is 2.57. The molecule has 1 aliphatic rings. The van der Waals surface area contributed by atoms with Crippen LogP contribution in [0, 0.1) is 13.8 Å². The molecule has 1 aromatic rings. The van der Waals surface area contributed by atoms with Crippen molar-refractivity contribution in [1.82, 2.24) is 9.80 Å². The molecular weight excluding hydrogens is 286 g/mol. The molecule has 1 amide bonds. The maximum atomic E-state index is 12.1. The van der Waals surface area contributed by atoms with Crippen LogP contribution in [0.15, 0.2) is 18.2 Å². The van der Waals surface area contributed by atoms with Gasteiger partial charge in [-0.05, 0) is 44.9 Å². The minimum absolute atomic E-state index is 0.284. The van der Waals surface area contributed by atoms with E-state index in [4.69, 9.17) is 0 Å². The fourth-order valence-electron chi connectivity index (χ4n) is 3.28. The van der Waals surface area contributed by atoms with Crippen LogP contribution in [0.25, 0.3) is 0 Å². The van der Waals surface area contributed by atoms with Gasteiger partial charge in [0.2, 0.25) is 5.91 Å². The number of carbonyl (C=O) groups is 1. The zero-order chi connectivity index (χ0) is 16.8. The second-order valence-corrected chi connectivity index (χ2v) is 6.36. The summed E-state index contributed by atoms with van der Waals surface area (Å²) in [5.74, 6) is 0.284. The van der Waals surface area contributed by atoms with Crippen molar-refractivity contribution in [3.63, 3.8) is 0 Å². The molecule has 4 heteroatoms. The highest BCUT2D eigenvalue weighted by Crippen LogP contribution is 2.23. The van der Waals surface area contributed by atoms with Crippen LogP contribution in [0.2, 0.25) is 0 Å². The Labute approximate surface area is 141 Å². The van der Waals surface area contributed by atoms with Crippen molar-refractivity contribution in [1.29, 1.82) is 0 Å². The summed E-state index contributed by atoms with van der Waals surface area (Å²) in [5, 5.41) is 0. The van der Waals surface area contributed by atoms with Gasteiger partial charge < -0.3 is 9.80 Å². The highest BCUT2D eigenvalue weighted by molar-refractivity contribution is 5.76. The van der Waals surface area contributed by atoms with E-state index in [1.807, 2.05) is 18.7 Å². The van der Waals surface area contributed by atoms with E-state index in [2.05, 4.69) is 41.8 Å². The summed E-state index contributed by atoms with van der Waals surface area (Å²) in [6.07, 6.45) is 0.644. The first-order valence-corrected chi connectivity index (χ1v) is 8.88. The number of amides is 1. The number of benzene rings is 1.